The Morgan fingerprint density at radius 1 is 1.08 bits per heavy atom. The maximum atomic E-state index is 12.3. The zero-order valence-corrected chi connectivity index (χ0v) is 17.6. The molecule has 3 aliphatic carbocycles. The molecule has 4 rings (SSSR count). The molecule has 3 saturated carbocycles. The van der Waals surface area contributed by atoms with Crippen LogP contribution < -0.4 is 5.32 Å². The zero-order valence-electron chi connectivity index (χ0n) is 16.6. The SMILES string of the molecule is COC(=O)C1CCC2C3CCC4NC(=O)[C@H](C)C[C@]4(C)C3CC[C@]12C.S. The van der Waals surface area contributed by atoms with Gasteiger partial charge in [0.05, 0.1) is 13.0 Å². The van der Waals surface area contributed by atoms with E-state index in [9.17, 15) is 9.59 Å². The monoisotopic (exact) mass is 381 g/mol. The molecule has 0 spiro atoms. The molecule has 0 aromatic carbocycles. The summed E-state index contributed by atoms with van der Waals surface area (Å²) in [5, 5.41) is 3.33. The van der Waals surface area contributed by atoms with E-state index in [0.29, 0.717) is 23.8 Å². The number of rotatable bonds is 1. The third-order valence-electron chi connectivity index (χ3n) is 8.86. The number of carbonyl (C=O) groups excluding carboxylic acids is 2. The van der Waals surface area contributed by atoms with Gasteiger partial charge in [-0.2, -0.15) is 13.5 Å². The van der Waals surface area contributed by atoms with E-state index in [-0.39, 0.29) is 48.0 Å². The maximum absolute atomic E-state index is 12.3. The van der Waals surface area contributed by atoms with Crippen LogP contribution in [0.15, 0.2) is 0 Å². The van der Waals surface area contributed by atoms with E-state index in [1.807, 2.05) is 0 Å². The number of esters is 1. The standard InChI is InChI=1S/C21H33NO3.H2S/c1-12-11-21(3)15-9-10-20(2)14(6-7-16(20)19(24)25-4)13(15)5-8-17(21)22-18(12)23;/h12-17H,5-11H2,1-4H3,(H,22,23);1H2/t12-,13?,14?,15?,16?,17?,20+,21-;/m1./s1. The quantitative estimate of drug-likeness (QED) is 0.705. The molecule has 5 unspecified atom stereocenters. The number of ether oxygens (including phenoxy) is 1. The van der Waals surface area contributed by atoms with Crippen molar-refractivity contribution in [2.45, 2.75) is 71.8 Å². The number of hydrogen-bond acceptors (Lipinski definition) is 3. The van der Waals surface area contributed by atoms with Crippen molar-refractivity contribution in [2.24, 2.45) is 40.4 Å². The lowest BCUT2D eigenvalue weighted by atomic mass is 9.46. The van der Waals surface area contributed by atoms with Crippen LogP contribution in [-0.4, -0.2) is 25.0 Å². The first-order chi connectivity index (χ1) is 11.8. The highest BCUT2D eigenvalue weighted by molar-refractivity contribution is 7.59. The highest BCUT2D eigenvalue weighted by atomic mass is 32.1. The van der Waals surface area contributed by atoms with Crippen molar-refractivity contribution in [2.75, 3.05) is 7.11 Å². The van der Waals surface area contributed by atoms with Crippen molar-refractivity contribution in [3.05, 3.63) is 0 Å². The Kier molecular flexibility index (Phi) is 5.18. The summed E-state index contributed by atoms with van der Waals surface area (Å²) in [5.41, 5.74) is 0.335. The van der Waals surface area contributed by atoms with Crippen LogP contribution in [0.4, 0.5) is 0 Å². The van der Waals surface area contributed by atoms with E-state index in [4.69, 9.17) is 4.74 Å². The second-order valence-electron chi connectivity index (χ2n) is 9.82. The number of hydrogen-bond donors (Lipinski definition) is 1. The van der Waals surface area contributed by atoms with E-state index >= 15 is 0 Å². The summed E-state index contributed by atoms with van der Waals surface area (Å²) in [4.78, 5) is 24.5. The largest absolute Gasteiger partial charge is 0.469 e. The second-order valence-corrected chi connectivity index (χ2v) is 9.82. The Morgan fingerprint density at radius 2 is 1.77 bits per heavy atom. The summed E-state index contributed by atoms with van der Waals surface area (Å²) >= 11 is 0. The molecular weight excluding hydrogens is 346 g/mol. The molecule has 4 aliphatic rings. The second kappa shape index (κ2) is 6.72. The van der Waals surface area contributed by atoms with Gasteiger partial charge in [-0.15, -0.1) is 0 Å². The Morgan fingerprint density at radius 3 is 2.46 bits per heavy atom. The maximum Gasteiger partial charge on any atom is 0.309 e. The number of carbonyl (C=O) groups is 2. The number of methoxy groups -OCH3 is 1. The van der Waals surface area contributed by atoms with Crippen LogP contribution in [0, 0.1) is 40.4 Å². The molecule has 8 atom stereocenters. The molecule has 1 saturated heterocycles. The fraction of sp³-hybridized carbons (Fsp3) is 0.905. The molecular formula is C21H35NO3S. The van der Waals surface area contributed by atoms with Gasteiger partial charge in [-0.25, -0.2) is 0 Å². The average Bonchev–Trinajstić information content (AvgIpc) is 2.93. The van der Waals surface area contributed by atoms with Crippen LogP contribution in [0.25, 0.3) is 0 Å². The predicted molar refractivity (Wildman–Crippen MR) is 106 cm³/mol. The van der Waals surface area contributed by atoms with Crippen LogP contribution in [0.2, 0.25) is 0 Å². The molecule has 4 fully saturated rings. The lowest BCUT2D eigenvalue weighted by molar-refractivity contribution is -0.157. The van der Waals surface area contributed by atoms with Gasteiger partial charge in [-0.1, -0.05) is 20.8 Å². The van der Waals surface area contributed by atoms with E-state index in [1.165, 1.54) is 26.4 Å². The molecule has 5 heteroatoms. The Balaban J connectivity index is 0.00000196. The first kappa shape index (κ1) is 20.0. The molecule has 1 heterocycles. The average molecular weight is 382 g/mol. The molecule has 0 bridgehead atoms. The first-order valence-corrected chi connectivity index (χ1v) is 10.2. The van der Waals surface area contributed by atoms with E-state index < -0.39 is 0 Å². The minimum Gasteiger partial charge on any atom is -0.469 e. The zero-order chi connectivity index (χ0) is 18.0. The topological polar surface area (TPSA) is 55.4 Å². The van der Waals surface area contributed by atoms with Crippen molar-refractivity contribution >= 4 is 25.4 Å². The van der Waals surface area contributed by atoms with E-state index in [0.717, 1.165) is 25.7 Å². The molecule has 148 valence electrons. The van der Waals surface area contributed by atoms with Gasteiger partial charge in [0.2, 0.25) is 5.91 Å². The van der Waals surface area contributed by atoms with Crippen LogP contribution in [0.1, 0.15) is 65.7 Å². The van der Waals surface area contributed by atoms with Crippen LogP contribution in [-0.2, 0) is 14.3 Å². The molecule has 0 radical (unpaired) electrons. The lowest BCUT2D eigenvalue weighted by Crippen LogP contribution is -2.62. The summed E-state index contributed by atoms with van der Waals surface area (Å²) < 4.78 is 5.13. The third kappa shape index (κ3) is 2.63. The van der Waals surface area contributed by atoms with Crippen molar-refractivity contribution in [1.29, 1.82) is 0 Å². The molecule has 0 aromatic heterocycles. The summed E-state index contributed by atoms with van der Waals surface area (Å²) in [6, 6.07) is 0.347. The van der Waals surface area contributed by atoms with Gasteiger partial charge in [0.1, 0.15) is 0 Å². The van der Waals surface area contributed by atoms with Crippen molar-refractivity contribution in [1.82, 2.24) is 5.32 Å². The molecule has 26 heavy (non-hydrogen) atoms. The van der Waals surface area contributed by atoms with Crippen LogP contribution in [0.5, 0.6) is 0 Å². The minimum atomic E-state index is 0. The number of piperidine rings is 1. The highest BCUT2D eigenvalue weighted by Crippen LogP contribution is 2.65. The smallest absolute Gasteiger partial charge is 0.309 e. The van der Waals surface area contributed by atoms with Gasteiger partial charge in [0.15, 0.2) is 0 Å². The minimum absolute atomic E-state index is 0. The highest BCUT2D eigenvalue weighted by Gasteiger charge is 2.62. The summed E-state index contributed by atoms with van der Waals surface area (Å²) in [5.74, 6) is 2.48. The summed E-state index contributed by atoms with van der Waals surface area (Å²) in [6.45, 7) is 6.86. The van der Waals surface area contributed by atoms with Gasteiger partial charge in [0, 0.05) is 12.0 Å². The van der Waals surface area contributed by atoms with Gasteiger partial charge in [0.25, 0.3) is 0 Å². The van der Waals surface area contributed by atoms with E-state index in [2.05, 4.69) is 26.1 Å². The third-order valence-corrected chi connectivity index (χ3v) is 8.86. The summed E-state index contributed by atoms with van der Waals surface area (Å²) in [6.07, 6.45) is 7.81. The fourth-order valence-corrected chi connectivity index (χ4v) is 7.58. The molecule has 4 nitrogen and oxygen atoms in total. The van der Waals surface area contributed by atoms with Crippen LogP contribution in [0.3, 0.4) is 0 Å². The first-order valence-electron chi connectivity index (χ1n) is 10.2. The molecule has 1 aliphatic heterocycles. The van der Waals surface area contributed by atoms with Gasteiger partial charge >= 0.3 is 5.97 Å². The van der Waals surface area contributed by atoms with Crippen molar-refractivity contribution < 1.29 is 14.3 Å². The fourth-order valence-electron chi connectivity index (χ4n) is 7.58. The van der Waals surface area contributed by atoms with E-state index in [1.54, 1.807) is 0 Å². The number of nitrogens with one attached hydrogen (secondary N) is 1. The number of amides is 1. The van der Waals surface area contributed by atoms with Crippen LogP contribution >= 0.6 is 13.5 Å². The van der Waals surface area contributed by atoms with Crippen molar-refractivity contribution in [3.63, 3.8) is 0 Å². The van der Waals surface area contributed by atoms with Gasteiger partial charge in [-0.3, -0.25) is 9.59 Å². The molecule has 0 aromatic rings. The lowest BCUT2D eigenvalue weighted by Gasteiger charge is -2.60. The normalized spacial score (nSPS) is 49.8. The predicted octanol–water partition coefficient (Wildman–Crippen LogP) is 3.66. The summed E-state index contributed by atoms with van der Waals surface area (Å²) in [7, 11) is 1.53. The molecule has 1 amide bonds. The van der Waals surface area contributed by atoms with Gasteiger partial charge in [-0.05, 0) is 73.5 Å². The number of fused-ring (bicyclic) bond motifs is 5. The molecule has 1 N–H and O–H groups in total. The Bertz CT molecular complexity index is 596. The van der Waals surface area contributed by atoms with Gasteiger partial charge < -0.3 is 10.1 Å². The van der Waals surface area contributed by atoms with Crippen molar-refractivity contribution in [3.8, 4) is 0 Å². The Hall–Kier alpha value is -0.710. The Labute approximate surface area is 164 Å².